The molecule has 1 N–H and O–H groups in total. The Labute approximate surface area is 191 Å². The van der Waals surface area contributed by atoms with Crippen molar-refractivity contribution in [3.63, 3.8) is 0 Å². The van der Waals surface area contributed by atoms with Gasteiger partial charge < -0.3 is 15.0 Å². The van der Waals surface area contributed by atoms with Crippen LogP contribution in [0, 0.1) is 6.92 Å². The van der Waals surface area contributed by atoms with E-state index < -0.39 is 6.04 Å². The molecule has 5 nitrogen and oxygen atoms in total. The van der Waals surface area contributed by atoms with E-state index >= 15 is 0 Å². The summed E-state index contributed by atoms with van der Waals surface area (Å²) in [5.41, 5.74) is 2.07. The molecule has 0 heterocycles. The second-order valence-corrected chi connectivity index (χ2v) is 8.38. The van der Waals surface area contributed by atoms with E-state index in [1.54, 1.807) is 23.1 Å². The molecule has 0 spiro atoms. The molecule has 0 aliphatic heterocycles. The fourth-order valence-corrected chi connectivity index (χ4v) is 3.90. The van der Waals surface area contributed by atoms with Crippen molar-refractivity contribution < 1.29 is 14.3 Å². The fraction of sp³-hybridized carbons (Fsp3) is 0.391. The Kier molecular flexibility index (Phi) is 9.66. The molecule has 0 aromatic heterocycles. The highest BCUT2D eigenvalue weighted by Gasteiger charge is 2.28. The number of hydrogen-bond donors (Lipinski definition) is 1. The molecule has 1 atom stereocenters. The van der Waals surface area contributed by atoms with Gasteiger partial charge in [-0.25, -0.2) is 0 Å². The van der Waals surface area contributed by atoms with Gasteiger partial charge in [0.05, 0.1) is 4.47 Å². The van der Waals surface area contributed by atoms with E-state index in [1.165, 1.54) is 0 Å². The van der Waals surface area contributed by atoms with E-state index in [9.17, 15) is 9.59 Å². The van der Waals surface area contributed by atoms with Crippen molar-refractivity contribution in [3.8, 4) is 5.75 Å². The third kappa shape index (κ3) is 7.03. The van der Waals surface area contributed by atoms with E-state index in [2.05, 4.69) is 21.2 Å². The van der Waals surface area contributed by atoms with E-state index in [-0.39, 0.29) is 18.4 Å². The molecule has 162 valence electrons. The minimum absolute atomic E-state index is 0.145. The van der Waals surface area contributed by atoms with Crippen molar-refractivity contribution in [2.45, 2.75) is 46.2 Å². The lowest BCUT2D eigenvalue weighted by Gasteiger charge is -2.30. The predicted octanol–water partition coefficient (Wildman–Crippen LogP) is 5.12. The summed E-state index contributed by atoms with van der Waals surface area (Å²) in [5.74, 6) is 0.122. The first-order valence-electron chi connectivity index (χ1n) is 10.1. The standard InChI is InChI=1S/C23H28BrClN2O3/c1-4-11-26-23(29)20(5-2)27(14-17-8-6-7-16(3)12-17)22(28)15-30-21-10-9-18(25)13-19(21)24/h6-10,12-13,20H,4-5,11,14-15H2,1-3H3,(H,26,29)/t20-/m1/s1. The van der Waals surface area contributed by atoms with E-state index in [4.69, 9.17) is 16.3 Å². The molecule has 0 bridgehead atoms. The summed E-state index contributed by atoms with van der Waals surface area (Å²) < 4.78 is 6.39. The Morgan fingerprint density at radius 3 is 2.60 bits per heavy atom. The number of nitrogens with one attached hydrogen (secondary N) is 1. The SMILES string of the molecule is CCCNC(=O)[C@@H](CC)N(Cc1cccc(C)c1)C(=O)COc1ccc(Cl)cc1Br. The number of benzene rings is 2. The number of aryl methyl sites for hydroxylation is 1. The van der Waals surface area contributed by atoms with Crippen LogP contribution in [-0.4, -0.2) is 35.9 Å². The Morgan fingerprint density at radius 2 is 1.97 bits per heavy atom. The minimum atomic E-state index is -0.568. The number of halogens is 2. The van der Waals surface area contributed by atoms with Crippen LogP contribution < -0.4 is 10.1 Å². The number of rotatable bonds is 10. The molecule has 7 heteroatoms. The van der Waals surface area contributed by atoms with Gasteiger partial charge in [0.1, 0.15) is 11.8 Å². The molecule has 0 saturated carbocycles. The lowest BCUT2D eigenvalue weighted by molar-refractivity contribution is -0.143. The van der Waals surface area contributed by atoms with Gasteiger partial charge in [0.2, 0.25) is 5.91 Å². The lowest BCUT2D eigenvalue weighted by atomic mass is 10.1. The smallest absolute Gasteiger partial charge is 0.261 e. The van der Waals surface area contributed by atoms with E-state index in [1.807, 2.05) is 45.0 Å². The highest BCUT2D eigenvalue weighted by Crippen LogP contribution is 2.28. The van der Waals surface area contributed by atoms with Crippen LogP contribution in [0.2, 0.25) is 5.02 Å². The maximum Gasteiger partial charge on any atom is 0.261 e. The zero-order valence-electron chi connectivity index (χ0n) is 17.6. The zero-order chi connectivity index (χ0) is 22.1. The lowest BCUT2D eigenvalue weighted by Crippen LogP contribution is -2.50. The third-order valence-electron chi connectivity index (χ3n) is 4.62. The molecule has 0 unspecified atom stereocenters. The molecular formula is C23H28BrClN2O3. The molecule has 0 saturated heterocycles. The molecule has 0 aliphatic rings. The number of nitrogens with zero attached hydrogens (tertiary/aromatic N) is 1. The van der Waals surface area contributed by atoms with Crippen LogP contribution >= 0.6 is 27.5 Å². The maximum atomic E-state index is 13.1. The first-order chi connectivity index (χ1) is 14.3. The molecule has 2 aromatic rings. The van der Waals surface area contributed by atoms with Crippen molar-refractivity contribution in [1.29, 1.82) is 0 Å². The quantitative estimate of drug-likeness (QED) is 0.497. The van der Waals surface area contributed by atoms with Crippen molar-refractivity contribution in [1.82, 2.24) is 10.2 Å². The summed E-state index contributed by atoms with van der Waals surface area (Å²) in [7, 11) is 0. The summed E-state index contributed by atoms with van der Waals surface area (Å²) in [6, 6.07) is 12.5. The Balaban J connectivity index is 2.21. The summed E-state index contributed by atoms with van der Waals surface area (Å²) in [6.07, 6.45) is 1.35. The van der Waals surface area contributed by atoms with Gasteiger partial charge in [-0.15, -0.1) is 0 Å². The predicted molar refractivity (Wildman–Crippen MR) is 124 cm³/mol. The number of carbonyl (C=O) groups excluding carboxylic acids is 2. The number of ether oxygens (including phenoxy) is 1. The van der Waals surface area contributed by atoms with Crippen LogP contribution in [0.3, 0.4) is 0 Å². The van der Waals surface area contributed by atoms with Crippen LogP contribution in [0.4, 0.5) is 0 Å². The summed E-state index contributed by atoms with van der Waals surface area (Å²) in [5, 5.41) is 3.48. The Hall–Kier alpha value is -2.05. The van der Waals surface area contributed by atoms with Gasteiger partial charge in [0.15, 0.2) is 6.61 Å². The molecule has 2 rings (SSSR count). The van der Waals surface area contributed by atoms with Crippen LogP contribution in [0.15, 0.2) is 46.9 Å². The second kappa shape index (κ2) is 12.0. The molecule has 30 heavy (non-hydrogen) atoms. The highest BCUT2D eigenvalue weighted by atomic mass is 79.9. The Morgan fingerprint density at radius 1 is 1.20 bits per heavy atom. The largest absolute Gasteiger partial charge is 0.483 e. The number of amides is 2. The average Bonchev–Trinajstić information content (AvgIpc) is 2.71. The second-order valence-electron chi connectivity index (χ2n) is 7.09. The molecule has 0 fully saturated rings. The number of carbonyl (C=O) groups is 2. The molecular weight excluding hydrogens is 468 g/mol. The van der Waals surface area contributed by atoms with Crippen molar-refractivity contribution in [2.24, 2.45) is 0 Å². The van der Waals surface area contributed by atoms with Gasteiger partial charge in [-0.2, -0.15) is 0 Å². The Bertz CT molecular complexity index is 875. The van der Waals surface area contributed by atoms with E-state index in [0.717, 1.165) is 17.5 Å². The highest BCUT2D eigenvalue weighted by molar-refractivity contribution is 9.10. The summed E-state index contributed by atoms with van der Waals surface area (Å²) in [4.78, 5) is 27.5. The van der Waals surface area contributed by atoms with Gasteiger partial charge in [0.25, 0.3) is 5.91 Å². The summed E-state index contributed by atoms with van der Waals surface area (Å²) >= 11 is 9.36. The van der Waals surface area contributed by atoms with E-state index in [0.29, 0.717) is 34.8 Å². The topological polar surface area (TPSA) is 58.6 Å². The zero-order valence-corrected chi connectivity index (χ0v) is 19.9. The average molecular weight is 496 g/mol. The van der Waals surface area contributed by atoms with Crippen LogP contribution in [0.1, 0.15) is 37.8 Å². The molecule has 2 amide bonds. The van der Waals surface area contributed by atoms with Crippen LogP contribution in [0.5, 0.6) is 5.75 Å². The van der Waals surface area contributed by atoms with Gasteiger partial charge in [-0.05, 0) is 59.5 Å². The van der Waals surface area contributed by atoms with Crippen molar-refractivity contribution in [2.75, 3.05) is 13.2 Å². The van der Waals surface area contributed by atoms with Crippen LogP contribution in [-0.2, 0) is 16.1 Å². The normalized spacial score (nSPS) is 11.6. The monoisotopic (exact) mass is 494 g/mol. The maximum absolute atomic E-state index is 13.1. The van der Waals surface area contributed by atoms with Gasteiger partial charge in [-0.3, -0.25) is 9.59 Å². The van der Waals surface area contributed by atoms with Gasteiger partial charge in [0, 0.05) is 18.1 Å². The molecule has 0 radical (unpaired) electrons. The fourth-order valence-electron chi connectivity index (χ4n) is 3.11. The third-order valence-corrected chi connectivity index (χ3v) is 5.47. The molecule has 2 aromatic carbocycles. The first kappa shape index (κ1) is 24.2. The minimum Gasteiger partial charge on any atom is -0.483 e. The first-order valence-corrected chi connectivity index (χ1v) is 11.2. The van der Waals surface area contributed by atoms with Crippen molar-refractivity contribution in [3.05, 3.63) is 63.1 Å². The number of hydrogen-bond acceptors (Lipinski definition) is 3. The van der Waals surface area contributed by atoms with Gasteiger partial charge >= 0.3 is 0 Å². The van der Waals surface area contributed by atoms with Crippen LogP contribution in [0.25, 0.3) is 0 Å². The van der Waals surface area contributed by atoms with Gasteiger partial charge in [-0.1, -0.05) is 55.3 Å². The summed E-state index contributed by atoms with van der Waals surface area (Å²) in [6.45, 7) is 6.64. The van der Waals surface area contributed by atoms with Crippen molar-refractivity contribution >= 4 is 39.3 Å². The molecule has 0 aliphatic carbocycles.